The van der Waals surface area contributed by atoms with Crippen molar-refractivity contribution in [1.29, 1.82) is 0 Å². The van der Waals surface area contributed by atoms with Crippen molar-refractivity contribution in [3.05, 3.63) is 23.8 Å². The summed E-state index contributed by atoms with van der Waals surface area (Å²) >= 11 is 0. The molecule has 1 amide bonds. The number of ether oxygens (including phenoxy) is 2. The first-order chi connectivity index (χ1) is 10.8. The molecule has 0 unspecified atom stereocenters. The van der Waals surface area contributed by atoms with Crippen molar-refractivity contribution in [2.45, 2.75) is 17.7 Å². The fourth-order valence-corrected chi connectivity index (χ4v) is 3.18. The molecule has 23 heavy (non-hydrogen) atoms. The van der Waals surface area contributed by atoms with Crippen molar-refractivity contribution in [1.82, 2.24) is 4.90 Å². The van der Waals surface area contributed by atoms with E-state index in [4.69, 9.17) is 14.6 Å². The Kier molecular flexibility index (Phi) is 5.61. The van der Waals surface area contributed by atoms with E-state index in [0.29, 0.717) is 31.4 Å². The molecule has 0 radical (unpaired) electrons. The molecule has 0 bridgehead atoms. The van der Waals surface area contributed by atoms with Gasteiger partial charge in [-0.25, -0.2) is 13.6 Å². The van der Waals surface area contributed by atoms with Gasteiger partial charge in [0.2, 0.25) is 10.0 Å². The quantitative estimate of drug-likeness (QED) is 0.855. The number of benzene rings is 1. The van der Waals surface area contributed by atoms with E-state index < -0.39 is 10.0 Å². The number of methoxy groups -OCH3 is 1. The molecule has 0 aliphatic carbocycles. The van der Waals surface area contributed by atoms with Crippen molar-refractivity contribution in [3.8, 4) is 5.75 Å². The third-order valence-corrected chi connectivity index (χ3v) is 4.86. The molecule has 0 aromatic heterocycles. The second kappa shape index (κ2) is 7.29. The Morgan fingerprint density at radius 1 is 1.39 bits per heavy atom. The molecule has 7 nitrogen and oxygen atoms in total. The maximum absolute atomic E-state index is 12.7. The summed E-state index contributed by atoms with van der Waals surface area (Å²) in [6.07, 6.45) is 1.82. The zero-order valence-electron chi connectivity index (χ0n) is 13.3. The maximum Gasteiger partial charge on any atom is 0.257 e. The molecule has 2 rings (SSSR count). The average Bonchev–Trinajstić information content (AvgIpc) is 2.53. The van der Waals surface area contributed by atoms with Crippen molar-refractivity contribution in [2.75, 3.05) is 33.9 Å². The van der Waals surface area contributed by atoms with Crippen molar-refractivity contribution < 1.29 is 22.7 Å². The van der Waals surface area contributed by atoms with Crippen LogP contribution in [0.4, 0.5) is 0 Å². The Balaban J connectivity index is 2.22. The van der Waals surface area contributed by atoms with Crippen LogP contribution in [0.5, 0.6) is 5.75 Å². The van der Waals surface area contributed by atoms with Gasteiger partial charge in [0.1, 0.15) is 5.75 Å². The Morgan fingerprint density at radius 3 is 2.61 bits per heavy atom. The molecular formula is C15H22N2O5S. The van der Waals surface area contributed by atoms with Crippen LogP contribution in [-0.4, -0.2) is 53.1 Å². The maximum atomic E-state index is 12.7. The molecule has 128 valence electrons. The Morgan fingerprint density at radius 2 is 2.04 bits per heavy atom. The molecule has 1 aliphatic rings. The Labute approximate surface area is 136 Å². The van der Waals surface area contributed by atoms with E-state index in [1.165, 1.54) is 25.3 Å². The van der Waals surface area contributed by atoms with Gasteiger partial charge in [-0.05, 0) is 37.0 Å². The van der Waals surface area contributed by atoms with Gasteiger partial charge in [0.05, 0.1) is 17.6 Å². The molecule has 1 heterocycles. The van der Waals surface area contributed by atoms with Crippen molar-refractivity contribution in [3.63, 3.8) is 0 Å². The lowest BCUT2D eigenvalue weighted by atomic mass is 9.99. The minimum atomic E-state index is -3.88. The van der Waals surface area contributed by atoms with Gasteiger partial charge in [-0.2, -0.15) is 0 Å². The number of nitrogens with two attached hydrogens (primary N) is 1. The molecular weight excluding hydrogens is 320 g/mol. The van der Waals surface area contributed by atoms with Crippen LogP contribution in [0, 0.1) is 5.92 Å². The van der Waals surface area contributed by atoms with Crippen LogP contribution >= 0.6 is 0 Å². The molecule has 2 N–H and O–H groups in total. The predicted octanol–water partition coefficient (Wildman–Crippen LogP) is 0.841. The van der Waals surface area contributed by atoms with Gasteiger partial charge in [0.25, 0.3) is 5.91 Å². The lowest BCUT2D eigenvalue weighted by Crippen LogP contribution is -2.34. The molecule has 1 aliphatic heterocycles. The molecule has 0 spiro atoms. The molecule has 0 atom stereocenters. The van der Waals surface area contributed by atoms with E-state index in [1.807, 2.05) is 0 Å². The van der Waals surface area contributed by atoms with E-state index in [2.05, 4.69) is 0 Å². The molecule has 0 saturated carbocycles. The van der Waals surface area contributed by atoms with E-state index in [1.54, 1.807) is 11.9 Å². The van der Waals surface area contributed by atoms with Crippen LogP contribution in [0.15, 0.2) is 23.1 Å². The second-order valence-electron chi connectivity index (χ2n) is 5.65. The van der Waals surface area contributed by atoms with Gasteiger partial charge < -0.3 is 14.4 Å². The van der Waals surface area contributed by atoms with Gasteiger partial charge in [0.15, 0.2) is 0 Å². The number of amides is 1. The molecule has 1 fully saturated rings. The topological polar surface area (TPSA) is 98.9 Å². The first kappa shape index (κ1) is 17.7. The number of hydrogen-bond acceptors (Lipinski definition) is 5. The Bertz CT molecular complexity index is 668. The Hall–Kier alpha value is -1.64. The zero-order chi connectivity index (χ0) is 17.0. The van der Waals surface area contributed by atoms with E-state index >= 15 is 0 Å². The first-order valence-corrected chi connectivity index (χ1v) is 8.91. The monoisotopic (exact) mass is 342 g/mol. The lowest BCUT2D eigenvalue weighted by Gasteiger charge is -2.27. The van der Waals surface area contributed by atoms with Gasteiger partial charge in [-0.1, -0.05) is 0 Å². The van der Waals surface area contributed by atoms with Crippen LogP contribution < -0.4 is 9.88 Å². The summed E-state index contributed by atoms with van der Waals surface area (Å²) in [6.45, 7) is 2.00. The van der Waals surface area contributed by atoms with Crippen molar-refractivity contribution in [2.24, 2.45) is 11.1 Å². The van der Waals surface area contributed by atoms with Gasteiger partial charge >= 0.3 is 0 Å². The molecule has 1 saturated heterocycles. The summed E-state index contributed by atoms with van der Waals surface area (Å²) in [4.78, 5) is 14.1. The summed E-state index contributed by atoms with van der Waals surface area (Å²) in [5.74, 6) is 0.408. The number of sulfonamides is 1. The van der Waals surface area contributed by atoms with E-state index in [-0.39, 0.29) is 16.4 Å². The molecule has 8 heteroatoms. The summed E-state index contributed by atoms with van der Waals surface area (Å²) in [6, 6.07) is 4.02. The van der Waals surface area contributed by atoms with Gasteiger partial charge in [0, 0.05) is 26.8 Å². The van der Waals surface area contributed by atoms with Crippen LogP contribution in [0.1, 0.15) is 23.2 Å². The van der Waals surface area contributed by atoms with Crippen LogP contribution in [-0.2, 0) is 14.8 Å². The predicted molar refractivity (Wildman–Crippen MR) is 84.9 cm³/mol. The fourth-order valence-electron chi connectivity index (χ4n) is 2.64. The third-order valence-electron chi connectivity index (χ3n) is 3.95. The normalized spacial score (nSPS) is 16.1. The number of primary sulfonamides is 1. The zero-order valence-corrected chi connectivity index (χ0v) is 14.1. The molecule has 1 aromatic rings. The van der Waals surface area contributed by atoms with Crippen LogP contribution in [0.25, 0.3) is 0 Å². The van der Waals surface area contributed by atoms with E-state index in [0.717, 1.165) is 12.8 Å². The number of nitrogens with zero attached hydrogens (tertiary/aromatic N) is 1. The average molecular weight is 342 g/mol. The minimum absolute atomic E-state index is 0.110. The number of hydrogen-bond donors (Lipinski definition) is 1. The SMILES string of the molecule is COc1ccc(S(N)(=O)=O)cc1C(=O)N(C)CC1CCOCC1. The summed E-state index contributed by atoms with van der Waals surface area (Å²) in [7, 11) is -0.752. The number of carbonyl (C=O) groups is 1. The number of rotatable bonds is 5. The minimum Gasteiger partial charge on any atom is -0.496 e. The van der Waals surface area contributed by atoms with Gasteiger partial charge in [-0.15, -0.1) is 0 Å². The standard InChI is InChI=1S/C15H22N2O5S/c1-17(10-11-5-7-22-8-6-11)15(18)13-9-12(23(16,19)20)3-4-14(13)21-2/h3-4,9,11H,5-8,10H2,1-2H3,(H2,16,19,20). The second-order valence-corrected chi connectivity index (χ2v) is 7.21. The highest BCUT2D eigenvalue weighted by atomic mass is 32.2. The highest BCUT2D eigenvalue weighted by Gasteiger charge is 2.23. The summed E-state index contributed by atoms with van der Waals surface area (Å²) in [5.41, 5.74) is 0.189. The molecule has 1 aromatic carbocycles. The highest BCUT2D eigenvalue weighted by molar-refractivity contribution is 7.89. The van der Waals surface area contributed by atoms with Gasteiger partial charge in [-0.3, -0.25) is 4.79 Å². The smallest absolute Gasteiger partial charge is 0.257 e. The van der Waals surface area contributed by atoms with Crippen LogP contribution in [0.2, 0.25) is 0 Å². The number of carbonyl (C=O) groups excluding carboxylic acids is 1. The largest absolute Gasteiger partial charge is 0.496 e. The fraction of sp³-hybridized carbons (Fsp3) is 0.533. The summed E-state index contributed by atoms with van der Waals surface area (Å²) < 4.78 is 33.5. The third kappa shape index (κ3) is 4.43. The van der Waals surface area contributed by atoms with Crippen molar-refractivity contribution >= 4 is 15.9 Å². The highest BCUT2D eigenvalue weighted by Crippen LogP contribution is 2.24. The first-order valence-electron chi connectivity index (χ1n) is 7.37. The summed E-state index contributed by atoms with van der Waals surface area (Å²) in [5, 5.41) is 5.14. The lowest BCUT2D eigenvalue weighted by molar-refractivity contribution is 0.0496. The van der Waals surface area contributed by atoms with Crippen LogP contribution in [0.3, 0.4) is 0 Å². The van der Waals surface area contributed by atoms with E-state index in [9.17, 15) is 13.2 Å².